The number of nitrogens with zero attached hydrogens (tertiary/aromatic N) is 1. The maximum Gasteiger partial charge on any atom is 0.234 e. The van der Waals surface area contributed by atoms with Crippen LogP contribution in [0, 0.1) is 5.92 Å². The minimum atomic E-state index is 0.147. The lowest BCUT2D eigenvalue weighted by atomic mass is 10.0. The fourth-order valence-corrected chi connectivity index (χ4v) is 1.62. The molecular formula is C10H21N3O. The third-order valence-corrected chi connectivity index (χ3v) is 2.59. The molecule has 0 spiro atoms. The van der Waals surface area contributed by atoms with Gasteiger partial charge in [-0.25, -0.2) is 0 Å². The van der Waals surface area contributed by atoms with E-state index in [9.17, 15) is 4.79 Å². The molecule has 3 N–H and O–H groups in total. The zero-order valence-electron chi connectivity index (χ0n) is 8.96. The van der Waals surface area contributed by atoms with Gasteiger partial charge in [0.15, 0.2) is 0 Å². The fraction of sp³-hybridized carbons (Fsp3) is 0.900. The average molecular weight is 199 g/mol. The largest absolute Gasteiger partial charge is 0.355 e. The van der Waals surface area contributed by atoms with E-state index < -0.39 is 0 Å². The summed E-state index contributed by atoms with van der Waals surface area (Å²) in [5, 5.41) is 2.90. The van der Waals surface area contributed by atoms with Crippen LogP contribution in [0.2, 0.25) is 0 Å². The molecule has 1 heterocycles. The summed E-state index contributed by atoms with van der Waals surface area (Å²) in [6.07, 6.45) is 2.19. The lowest BCUT2D eigenvalue weighted by molar-refractivity contribution is -0.123. The van der Waals surface area contributed by atoms with Gasteiger partial charge < -0.3 is 11.1 Å². The van der Waals surface area contributed by atoms with E-state index in [1.165, 1.54) is 0 Å². The van der Waals surface area contributed by atoms with Crippen molar-refractivity contribution in [3.05, 3.63) is 0 Å². The maximum atomic E-state index is 11.3. The molecule has 4 heteroatoms. The zero-order valence-corrected chi connectivity index (χ0v) is 8.96. The van der Waals surface area contributed by atoms with E-state index >= 15 is 0 Å². The van der Waals surface area contributed by atoms with Crippen LogP contribution in [-0.4, -0.2) is 43.5 Å². The number of rotatable bonds is 6. The van der Waals surface area contributed by atoms with Gasteiger partial charge in [0.25, 0.3) is 0 Å². The van der Waals surface area contributed by atoms with Crippen LogP contribution in [0.4, 0.5) is 0 Å². The highest BCUT2D eigenvalue weighted by Gasteiger charge is 2.26. The van der Waals surface area contributed by atoms with Crippen LogP contribution in [-0.2, 0) is 4.79 Å². The van der Waals surface area contributed by atoms with Crippen molar-refractivity contribution in [3.8, 4) is 0 Å². The Hall–Kier alpha value is -0.610. The maximum absolute atomic E-state index is 11.3. The molecule has 0 atom stereocenters. The molecule has 0 aromatic heterocycles. The van der Waals surface area contributed by atoms with E-state index in [0.29, 0.717) is 12.5 Å². The van der Waals surface area contributed by atoms with Gasteiger partial charge in [-0.15, -0.1) is 0 Å². The third kappa shape index (κ3) is 3.64. The van der Waals surface area contributed by atoms with Crippen LogP contribution in [0.25, 0.3) is 0 Å². The van der Waals surface area contributed by atoms with Crippen molar-refractivity contribution in [3.63, 3.8) is 0 Å². The van der Waals surface area contributed by atoms with Gasteiger partial charge in [0.1, 0.15) is 0 Å². The Bertz CT molecular complexity index is 178. The van der Waals surface area contributed by atoms with E-state index in [-0.39, 0.29) is 5.91 Å². The predicted octanol–water partition coefficient (Wildman–Crippen LogP) is -0.207. The number of carbonyl (C=O) groups is 1. The number of amides is 1. The summed E-state index contributed by atoms with van der Waals surface area (Å²) in [4.78, 5) is 13.5. The quantitative estimate of drug-likeness (QED) is 0.582. The Balaban J connectivity index is 1.99. The Kier molecular flexibility index (Phi) is 4.90. The van der Waals surface area contributed by atoms with Gasteiger partial charge in [-0.2, -0.15) is 0 Å². The van der Waals surface area contributed by atoms with Crippen molar-refractivity contribution >= 4 is 5.91 Å². The molecule has 1 amide bonds. The van der Waals surface area contributed by atoms with Crippen LogP contribution in [0.5, 0.6) is 0 Å². The Labute approximate surface area is 85.8 Å². The Morgan fingerprint density at radius 2 is 2.29 bits per heavy atom. The van der Waals surface area contributed by atoms with Crippen molar-refractivity contribution in [2.24, 2.45) is 11.7 Å². The number of nitrogens with one attached hydrogen (secondary N) is 1. The topological polar surface area (TPSA) is 58.4 Å². The van der Waals surface area contributed by atoms with Crippen molar-refractivity contribution < 1.29 is 4.79 Å². The second kappa shape index (κ2) is 5.98. The fourth-order valence-electron chi connectivity index (χ4n) is 1.62. The van der Waals surface area contributed by atoms with Crippen LogP contribution in [0.1, 0.15) is 19.8 Å². The van der Waals surface area contributed by atoms with Gasteiger partial charge in [0.05, 0.1) is 6.54 Å². The third-order valence-electron chi connectivity index (χ3n) is 2.59. The monoisotopic (exact) mass is 199 g/mol. The molecule has 1 aliphatic heterocycles. The van der Waals surface area contributed by atoms with Crippen molar-refractivity contribution in [1.82, 2.24) is 10.2 Å². The van der Waals surface area contributed by atoms with E-state index in [2.05, 4.69) is 17.1 Å². The van der Waals surface area contributed by atoms with E-state index in [1.807, 2.05) is 0 Å². The Morgan fingerprint density at radius 1 is 1.57 bits per heavy atom. The first kappa shape index (κ1) is 11.5. The molecule has 0 bridgehead atoms. The van der Waals surface area contributed by atoms with E-state index in [0.717, 1.165) is 39.0 Å². The second-order valence-electron chi connectivity index (χ2n) is 4.00. The molecule has 0 saturated carbocycles. The standard InChI is InChI=1S/C10H21N3O/c1-2-3-4-12-10(14)8-13-6-9(5-11)7-13/h9H,2-8,11H2,1H3,(H,12,14). The number of hydrogen-bond acceptors (Lipinski definition) is 3. The smallest absolute Gasteiger partial charge is 0.234 e. The minimum Gasteiger partial charge on any atom is -0.355 e. The van der Waals surface area contributed by atoms with E-state index in [4.69, 9.17) is 5.73 Å². The first-order valence-electron chi connectivity index (χ1n) is 5.45. The SMILES string of the molecule is CCCCNC(=O)CN1CC(CN)C1. The first-order chi connectivity index (χ1) is 6.76. The molecule has 4 nitrogen and oxygen atoms in total. The summed E-state index contributed by atoms with van der Waals surface area (Å²) in [5.74, 6) is 0.757. The highest BCUT2D eigenvalue weighted by molar-refractivity contribution is 5.78. The highest BCUT2D eigenvalue weighted by Crippen LogP contribution is 2.12. The minimum absolute atomic E-state index is 0.147. The molecule has 1 aliphatic rings. The molecule has 14 heavy (non-hydrogen) atoms. The van der Waals surface area contributed by atoms with Gasteiger partial charge >= 0.3 is 0 Å². The summed E-state index contributed by atoms with van der Waals surface area (Å²) in [7, 11) is 0. The number of hydrogen-bond donors (Lipinski definition) is 2. The molecule has 0 aliphatic carbocycles. The van der Waals surface area contributed by atoms with Gasteiger partial charge in [0, 0.05) is 19.6 Å². The number of carbonyl (C=O) groups excluding carboxylic acids is 1. The molecule has 1 rings (SSSR count). The summed E-state index contributed by atoms with van der Waals surface area (Å²) < 4.78 is 0. The molecule has 82 valence electrons. The summed E-state index contributed by atoms with van der Waals surface area (Å²) in [6.45, 7) is 6.18. The molecule has 0 aromatic rings. The van der Waals surface area contributed by atoms with E-state index in [1.54, 1.807) is 0 Å². The van der Waals surface area contributed by atoms with Gasteiger partial charge in [-0.3, -0.25) is 9.69 Å². The van der Waals surface area contributed by atoms with Crippen LogP contribution in [0.3, 0.4) is 0 Å². The second-order valence-corrected chi connectivity index (χ2v) is 4.00. The molecular weight excluding hydrogens is 178 g/mol. The van der Waals surface area contributed by atoms with Crippen molar-refractivity contribution in [2.45, 2.75) is 19.8 Å². The molecule has 1 fully saturated rings. The predicted molar refractivity (Wildman–Crippen MR) is 56.9 cm³/mol. The van der Waals surface area contributed by atoms with Gasteiger partial charge in [-0.05, 0) is 18.9 Å². The first-order valence-corrected chi connectivity index (χ1v) is 5.45. The van der Waals surface area contributed by atoms with Crippen LogP contribution in [0.15, 0.2) is 0 Å². The summed E-state index contributed by atoms with van der Waals surface area (Å²) in [5.41, 5.74) is 5.50. The molecule has 1 saturated heterocycles. The molecule has 0 unspecified atom stereocenters. The van der Waals surface area contributed by atoms with Crippen LogP contribution < -0.4 is 11.1 Å². The van der Waals surface area contributed by atoms with Crippen molar-refractivity contribution in [1.29, 1.82) is 0 Å². The molecule has 0 radical (unpaired) electrons. The zero-order chi connectivity index (χ0) is 10.4. The molecule has 0 aromatic carbocycles. The van der Waals surface area contributed by atoms with Gasteiger partial charge in [0.2, 0.25) is 5.91 Å². The van der Waals surface area contributed by atoms with Crippen LogP contribution >= 0.6 is 0 Å². The summed E-state index contributed by atoms with van der Waals surface area (Å²) in [6, 6.07) is 0. The lowest BCUT2D eigenvalue weighted by Gasteiger charge is -2.37. The normalized spacial score (nSPS) is 17.9. The number of likely N-dealkylation sites (tertiary alicyclic amines) is 1. The number of unbranched alkanes of at least 4 members (excludes halogenated alkanes) is 1. The summed E-state index contributed by atoms with van der Waals surface area (Å²) >= 11 is 0. The Morgan fingerprint density at radius 3 is 2.86 bits per heavy atom. The van der Waals surface area contributed by atoms with Gasteiger partial charge in [-0.1, -0.05) is 13.3 Å². The average Bonchev–Trinajstić information content (AvgIpc) is 2.11. The lowest BCUT2D eigenvalue weighted by Crippen LogP contribution is -2.53. The van der Waals surface area contributed by atoms with Crippen molar-refractivity contribution in [2.75, 3.05) is 32.7 Å². The highest BCUT2D eigenvalue weighted by atomic mass is 16.2. The number of nitrogens with two attached hydrogens (primary N) is 1.